The number of aliphatic carboxylic acids is 1. The number of nitrogens with one attached hydrogen (secondary N) is 1. The van der Waals surface area contributed by atoms with Gasteiger partial charge in [-0.25, -0.2) is 4.79 Å². The Bertz CT molecular complexity index is 575. The molecule has 1 aromatic carbocycles. The summed E-state index contributed by atoms with van der Waals surface area (Å²) in [7, 11) is 0. The van der Waals surface area contributed by atoms with Crippen LogP contribution in [0.15, 0.2) is 24.3 Å². The van der Waals surface area contributed by atoms with Gasteiger partial charge >= 0.3 is 12.0 Å². The number of carbonyl (C=O) groups is 2. The Kier molecular flexibility index (Phi) is 3.35. The van der Waals surface area contributed by atoms with Gasteiger partial charge in [0.1, 0.15) is 5.92 Å². The van der Waals surface area contributed by atoms with Gasteiger partial charge in [-0.3, -0.25) is 9.69 Å². The van der Waals surface area contributed by atoms with Crippen LogP contribution in [-0.2, 0) is 4.79 Å². The Morgan fingerprint density at radius 3 is 2.67 bits per heavy atom. The normalized spacial score (nSPS) is 22.3. The van der Waals surface area contributed by atoms with Crippen molar-refractivity contribution in [3.63, 3.8) is 0 Å². The highest BCUT2D eigenvalue weighted by Gasteiger charge is 2.41. The van der Waals surface area contributed by atoms with Crippen LogP contribution in [0.25, 0.3) is 0 Å². The van der Waals surface area contributed by atoms with Gasteiger partial charge in [-0.1, -0.05) is 25.1 Å². The molecule has 3 rings (SSSR count). The van der Waals surface area contributed by atoms with Crippen LogP contribution < -0.4 is 10.2 Å². The Morgan fingerprint density at radius 2 is 2.10 bits per heavy atom. The zero-order valence-electron chi connectivity index (χ0n) is 12.1. The number of urea groups is 1. The average molecular weight is 288 g/mol. The van der Waals surface area contributed by atoms with Gasteiger partial charge in [0, 0.05) is 17.8 Å². The summed E-state index contributed by atoms with van der Waals surface area (Å²) in [6, 6.07) is 7.09. The summed E-state index contributed by atoms with van der Waals surface area (Å²) in [4.78, 5) is 25.5. The van der Waals surface area contributed by atoms with E-state index in [1.807, 2.05) is 18.2 Å². The third-order valence-electron chi connectivity index (χ3n) is 4.87. The van der Waals surface area contributed by atoms with E-state index in [4.69, 9.17) is 0 Å². The van der Waals surface area contributed by atoms with E-state index in [0.717, 1.165) is 31.2 Å². The molecule has 112 valence electrons. The average Bonchev–Trinajstić information content (AvgIpc) is 2.82. The molecular weight excluding hydrogens is 268 g/mol. The van der Waals surface area contributed by atoms with Crippen LogP contribution in [0.4, 0.5) is 10.5 Å². The van der Waals surface area contributed by atoms with E-state index in [1.54, 1.807) is 11.0 Å². The van der Waals surface area contributed by atoms with Crippen LogP contribution in [0, 0.1) is 0 Å². The van der Waals surface area contributed by atoms with Crippen molar-refractivity contribution >= 4 is 17.7 Å². The van der Waals surface area contributed by atoms with E-state index < -0.39 is 11.9 Å². The minimum Gasteiger partial charge on any atom is -0.481 e. The molecule has 1 aromatic rings. The van der Waals surface area contributed by atoms with Gasteiger partial charge in [0.25, 0.3) is 0 Å². The molecule has 1 fully saturated rings. The summed E-state index contributed by atoms with van der Waals surface area (Å²) < 4.78 is 0. The maximum atomic E-state index is 12.6. The van der Waals surface area contributed by atoms with Crippen LogP contribution in [0.1, 0.15) is 44.1 Å². The molecule has 0 bridgehead atoms. The summed E-state index contributed by atoms with van der Waals surface area (Å²) in [6.45, 7) is 2.29. The number of carboxylic acid groups (broad SMARTS) is 1. The number of anilines is 1. The van der Waals surface area contributed by atoms with Crippen molar-refractivity contribution in [3.05, 3.63) is 29.8 Å². The van der Waals surface area contributed by atoms with E-state index >= 15 is 0 Å². The number of carboxylic acids is 1. The Balaban J connectivity index is 1.83. The number of carbonyl (C=O) groups excluding carboxylic acids is 1. The monoisotopic (exact) mass is 288 g/mol. The molecule has 0 saturated heterocycles. The lowest BCUT2D eigenvalue weighted by Gasteiger charge is -2.42. The van der Waals surface area contributed by atoms with Gasteiger partial charge in [0.2, 0.25) is 0 Å². The number of benzene rings is 1. The number of rotatable bonds is 3. The Labute approximate surface area is 123 Å². The first-order chi connectivity index (χ1) is 10.1. The summed E-state index contributed by atoms with van der Waals surface area (Å²) in [5.74, 6) is -1.52. The molecule has 5 nitrogen and oxygen atoms in total. The third kappa shape index (κ3) is 2.26. The fourth-order valence-corrected chi connectivity index (χ4v) is 3.28. The first kappa shape index (κ1) is 13.9. The first-order valence-corrected chi connectivity index (χ1v) is 7.48. The van der Waals surface area contributed by atoms with E-state index in [-0.39, 0.29) is 18.1 Å². The van der Waals surface area contributed by atoms with Crippen molar-refractivity contribution < 1.29 is 14.7 Å². The molecule has 0 radical (unpaired) electrons. The minimum absolute atomic E-state index is 0.0899. The van der Waals surface area contributed by atoms with Crippen LogP contribution >= 0.6 is 0 Å². The quantitative estimate of drug-likeness (QED) is 0.898. The highest BCUT2D eigenvalue weighted by atomic mass is 16.4. The molecule has 2 amide bonds. The third-order valence-corrected chi connectivity index (χ3v) is 4.87. The zero-order valence-corrected chi connectivity index (χ0v) is 12.1. The predicted octanol–water partition coefficient (Wildman–Crippen LogP) is 2.72. The van der Waals surface area contributed by atoms with Crippen molar-refractivity contribution in [1.29, 1.82) is 0 Å². The standard InChI is InChI=1S/C16H20N2O3/c1-2-16(8-5-9-16)17-15(21)18-10-12(14(19)20)11-6-3-4-7-13(11)18/h3-4,6-7,12H,2,5,8-10H2,1H3,(H,17,21)(H,19,20). The van der Waals surface area contributed by atoms with Crippen LogP contribution in [0.3, 0.4) is 0 Å². The summed E-state index contributed by atoms with van der Waals surface area (Å²) in [5, 5.41) is 12.5. The Morgan fingerprint density at radius 1 is 1.38 bits per heavy atom. The Hall–Kier alpha value is -2.04. The fraction of sp³-hybridized carbons (Fsp3) is 0.500. The molecule has 1 unspecified atom stereocenters. The molecule has 5 heteroatoms. The van der Waals surface area contributed by atoms with Crippen molar-refractivity contribution in [3.8, 4) is 0 Å². The van der Waals surface area contributed by atoms with E-state index in [2.05, 4.69) is 12.2 Å². The fourth-order valence-electron chi connectivity index (χ4n) is 3.28. The van der Waals surface area contributed by atoms with Gasteiger partial charge in [-0.05, 0) is 37.3 Å². The summed E-state index contributed by atoms with van der Waals surface area (Å²) in [6.07, 6.45) is 4.07. The predicted molar refractivity (Wildman–Crippen MR) is 79.6 cm³/mol. The van der Waals surface area contributed by atoms with Gasteiger partial charge in [-0.2, -0.15) is 0 Å². The molecule has 0 spiro atoms. The molecule has 1 aliphatic heterocycles. The SMILES string of the molecule is CCC1(NC(=O)N2CC(C(=O)O)c3ccccc32)CCC1. The lowest BCUT2D eigenvalue weighted by atomic mass is 9.75. The first-order valence-electron chi connectivity index (χ1n) is 7.48. The summed E-state index contributed by atoms with van der Waals surface area (Å²) >= 11 is 0. The number of hydrogen-bond acceptors (Lipinski definition) is 2. The molecule has 0 aromatic heterocycles. The van der Waals surface area contributed by atoms with Crippen molar-refractivity contribution in [2.45, 2.75) is 44.1 Å². The van der Waals surface area contributed by atoms with Crippen molar-refractivity contribution in [1.82, 2.24) is 5.32 Å². The molecule has 21 heavy (non-hydrogen) atoms. The van der Waals surface area contributed by atoms with Gasteiger partial charge in [0.15, 0.2) is 0 Å². The van der Waals surface area contributed by atoms with E-state index in [1.165, 1.54) is 0 Å². The molecule has 1 aliphatic carbocycles. The van der Waals surface area contributed by atoms with Gasteiger partial charge in [-0.15, -0.1) is 0 Å². The lowest BCUT2D eigenvalue weighted by molar-refractivity contribution is -0.138. The topological polar surface area (TPSA) is 69.6 Å². The minimum atomic E-state index is -0.883. The largest absolute Gasteiger partial charge is 0.481 e. The van der Waals surface area contributed by atoms with Crippen molar-refractivity contribution in [2.24, 2.45) is 0 Å². The molecule has 1 heterocycles. The second-order valence-corrected chi connectivity index (χ2v) is 5.98. The van der Waals surface area contributed by atoms with Crippen LogP contribution in [0.5, 0.6) is 0 Å². The number of amides is 2. The molecule has 1 atom stereocenters. The molecule has 2 aliphatic rings. The van der Waals surface area contributed by atoms with E-state index in [0.29, 0.717) is 5.69 Å². The number of para-hydroxylation sites is 1. The van der Waals surface area contributed by atoms with Crippen LogP contribution in [0.2, 0.25) is 0 Å². The molecule has 2 N–H and O–H groups in total. The number of nitrogens with zero attached hydrogens (tertiary/aromatic N) is 1. The maximum absolute atomic E-state index is 12.6. The summed E-state index contributed by atoms with van der Waals surface area (Å²) in [5.41, 5.74) is 1.35. The molecular formula is C16H20N2O3. The lowest BCUT2D eigenvalue weighted by Crippen LogP contribution is -2.56. The van der Waals surface area contributed by atoms with Crippen molar-refractivity contribution in [2.75, 3.05) is 11.4 Å². The van der Waals surface area contributed by atoms with Gasteiger partial charge in [0.05, 0.1) is 0 Å². The smallest absolute Gasteiger partial charge is 0.322 e. The number of fused-ring (bicyclic) bond motifs is 1. The van der Waals surface area contributed by atoms with E-state index in [9.17, 15) is 14.7 Å². The second kappa shape index (κ2) is 5.06. The van der Waals surface area contributed by atoms with Crippen LogP contribution in [-0.4, -0.2) is 29.2 Å². The molecule has 1 saturated carbocycles. The second-order valence-electron chi connectivity index (χ2n) is 5.98. The highest BCUT2D eigenvalue weighted by Crippen LogP contribution is 2.38. The highest BCUT2D eigenvalue weighted by molar-refractivity contribution is 5.98. The van der Waals surface area contributed by atoms with Gasteiger partial charge < -0.3 is 10.4 Å². The zero-order chi connectivity index (χ0) is 15.0. The maximum Gasteiger partial charge on any atom is 0.322 e. The number of hydrogen-bond donors (Lipinski definition) is 2.